The summed E-state index contributed by atoms with van der Waals surface area (Å²) in [6, 6.07) is 1.03. The van der Waals surface area contributed by atoms with Gasteiger partial charge in [0.2, 0.25) is 5.56 Å². The molecule has 0 aliphatic rings. The molecule has 17 heavy (non-hydrogen) atoms. The van der Waals surface area contributed by atoms with E-state index in [4.69, 9.17) is 4.74 Å². The number of H-pyrrole nitrogens is 1. The summed E-state index contributed by atoms with van der Waals surface area (Å²) < 4.78 is 34.4. The molecule has 0 aliphatic heterocycles. The molecule has 1 aromatic heterocycles. The molecule has 0 atom stereocenters. The van der Waals surface area contributed by atoms with Crippen molar-refractivity contribution >= 4 is 5.97 Å². The lowest BCUT2D eigenvalue weighted by atomic mass is 10.1. The van der Waals surface area contributed by atoms with Crippen LogP contribution in [0.1, 0.15) is 17.7 Å². The minimum Gasteiger partial charge on any atom is -0.494 e. The van der Waals surface area contributed by atoms with Crippen molar-refractivity contribution < 1.29 is 23.0 Å². The molecular formula is C10H11F2NO4. The van der Waals surface area contributed by atoms with E-state index in [0.717, 1.165) is 13.2 Å². The quantitative estimate of drug-likeness (QED) is 0.807. The molecule has 0 aromatic carbocycles. The van der Waals surface area contributed by atoms with E-state index in [-0.39, 0.29) is 17.7 Å². The highest BCUT2D eigenvalue weighted by Crippen LogP contribution is 2.29. The molecule has 0 unspecified atom stereocenters. The molecule has 94 valence electrons. The lowest BCUT2D eigenvalue weighted by molar-refractivity contribution is -0.139. The second-order valence-corrected chi connectivity index (χ2v) is 3.16. The standard InChI is InChI=1S/C10H11F2NO4/c1-16-7(15)4-5-3-6(14)13-8(10(11)12)9(5)17-2/h3,10H,4H2,1-2H3,(H,13,14). The van der Waals surface area contributed by atoms with Crippen LogP contribution in [0, 0.1) is 0 Å². The predicted octanol–water partition coefficient (Wildman–Crippen LogP) is 1.04. The number of hydrogen-bond acceptors (Lipinski definition) is 4. The van der Waals surface area contributed by atoms with Crippen molar-refractivity contribution in [2.75, 3.05) is 14.2 Å². The molecule has 1 aromatic rings. The van der Waals surface area contributed by atoms with Crippen LogP contribution < -0.4 is 10.3 Å². The first-order valence-electron chi connectivity index (χ1n) is 4.64. The summed E-state index contributed by atoms with van der Waals surface area (Å²) in [5.74, 6) is -0.848. The largest absolute Gasteiger partial charge is 0.494 e. The van der Waals surface area contributed by atoms with Crippen LogP contribution in [0.4, 0.5) is 8.78 Å². The fourth-order valence-corrected chi connectivity index (χ4v) is 1.38. The molecule has 0 saturated carbocycles. The first kappa shape index (κ1) is 13.1. The molecule has 0 aliphatic carbocycles. The maximum absolute atomic E-state index is 12.6. The Morgan fingerprint density at radius 2 is 2.12 bits per heavy atom. The number of ether oxygens (including phenoxy) is 2. The Bertz CT molecular complexity index is 470. The molecule has 0 saturated heterocycles. The van der Waals surface area contributed by atoms with Crippen molar-refractivity contribution in [3.8, 4) is 5.75 Å². The van der Waals surface area contributed by atoms with Gasteiger partial charge in [-0.25, -0.2) is 8.78 Å². The zero-order chi connectivity index (χ0) is 13.0. The van der Waals surface area contributed by atoms with Gasteiger partial charge in [-0.3, -0.25) is 9.59 Å². The Labute approximate surface area is 95.4 Å². The van der Waals surface area contributed by atoms with Crippen molar-refractivity contribution in [1.82, 2.24) is 4.98 Å². The number of methoxy groups -OCH3 is 2. The van der Waals surface area contributed by atoms with Crippen LogP contribution >= 0.6 is 0 Å². The van der Waals surface area contributed by atoms with Crippen LogP contribution in [0.25, 0.3) is 0 Å². The van der Waals surface area contributed by atoms with Crippen molar-refractivity contribution in [3.63, 3.8) is 0 Å². The fourth-order valence-electron chi connectivity index (χ4n) is 1.38. The molecule has 1 heterocycles. The zero-order valence-electron chi connectivity index (χ0n) is 9.25. The molecule has 0 fully saturated rings. The normalized spacial score (nSPS) is 10.4. The average Bonchev–Trinajstić information content (AvgIpc) is 2.28. The van der Waals surface area contributed by atoms with Gasteiger partial charge < -0.3 is 14.5 Å². The summed E-state index contributed by atoms with van der Waals surface area (Å²) in [6.45, 7) is 0. The Balaban J connectivity index is 3.28. The summed E-state index contributed by atoms with van der Waals surface area (Å²) >= 11 is 0. The van der Waals surface area contributed by atoms with Crippen molar-refractivity contribution in [2.45, 2.75) is 12.8 Å². The second-order valence-electron chi connectivity index (χ2n) is 3.16. The van der Waals surface area contributed by atoms with Gasteiger partial charge in [-0.05, 0) is 0 Å². The molecule has 1 rings (SSSR count). The Hall–Kier alpha value is -1.92. The lowest BCUT2D eigenvalue weighted by Crippen LogP contribution is -2.15. The zero-order valence-corrected chi connectivity index (χ0v) is 9.25. The number of carbonyl (C=O) groups is 1. The second kappa shape index (κ2) is 5.42. The maximum atomic E-state index is 12.6. The molecule has 0 bridgehead atoms. The van der Waals surface area contributed by atoms with Crippen molar-refractivity contribution in [3.05, 3.63) is 27.7 Å². The van der Waals surface area contributed by atoms with E-state index < -0.39 is 23.6 Å². The third kappa shape index (κ3) is 3.02. The number of alkyl halides is 2. The monoisotopic (exact) mass is 247 g/mol. The van der Waals surface area contributed by atoms with Gasteiger partial charge in [-0.1, -0.05) is 0 Å². The number of nitrogens with one attached hydrogen (secondary N) is 1. The van der Waals surface area contributed by atoms with Crippen LogP contribution in [-0.4, -0.2) is 25.2 Å². The number of rotatable bonds is 4. The van der Waals surface area contributed by atoms with Gasteiger partial charge in [-0.2, -0.15) is 0 Å². The topological polar surface area (TPSA) is 68.4 Å². The van der Waals surface area contributed by atoms with Gasteiger partial charge in [0.1, 0.15) is 11.4 Å². The van der Waals surface area contributed by atoms with Gasteiger partial charge in [0.15, 0.2) is 0 Å². The van der Waals surface area contributed by atoms with E-state index in [1.54, 1.807) is 0 Å². The van der Waals surface area contributed by atoms with E-state index in [9.17, 15) is 18.4 Å². The highest BCUT2D eigenvalue weighted by atomic mass is 19.3. The van der Waals surface area contributed by atoms with Crippen LogP contribution in [0.15, 0.2) is 10.9 Å². The molecule has 5 nitrogen and oxygen atoms in total. The van der Waals surface area contributed by atoms with Crippen LogP contribution in [0.2, 0.25) is 0 Å². The average molecular weight is 247 g/mol. The molecule has 7 heteroatoms. The number of carbonyl (C=O) groups excluding carboxylic acids is 1. The molecular weight excluding hydrogens is 236 g/mol. The highest BCUT2D eigenvalue weighted by Gasteiger charge is 2.20. The van der Waals surface area contributed by atoms with Crippen LogP contribution in [0.3, 0.4) is 0 Å². The Kier molecular flexibility index (Phi) is 4.19. The van der Waals surface area contributed by atoms with Crippen molar-refractivity contribution in [2.24, 2.45) is 0 Å². The summed E-state index contributed by atoms with van der Waals surface area (Å²) in [4.78, 5) is 24.2. The number of halogens is 2. The van der Waals surface area contributed by atoms with Gasteiger partial charge >= 0.3 is 5.97 Å². The molecule has 0 radical (unpaired) electrons. The Morgan fingerprint density at radius 1 is 1.47 bits per heavy atom. The number of aromatic nitrogens is 1. The summed E-state index contributed by atoms with van der Waals surface area (Å²) in [5, 5.41) is 0. The van der Waals surface area contributed by atoms with Crippen LogP contribution in [0.5, 0.6) is 5.75 Å². The predicted molar refractivity (Wildman–Crippen MR) is 54.3 cm³/mol. The maximum Gasteiger partial charge on any atom is 0.310 e. The van der Waals surface area contributed by atoms with Crippen LogP contribution in [-0.2, 0) is 16.0 Å². The van der Waals surface area contributed by atoms with Gasteiger partial charge in [-0.15, -0.1) is 0 Å². The van der Waals surface area contributed by atoms with E-state index in [1.807, 2.05) is 4.98 Å². The molecule has 1 N–H and O–H groups in total. The van der Waals surface area contributed by atoms with E-state index in [1.165, 1.54) is 7.11 Å². The summed E-state index contributed by atoms with van der Waals surface area (Å²) in [7, 11) is 2.34. The highest BCUT2D eigenvalue weighted by molar-refractivity contribution is 5.73. The summed E-state index contributed by atoms with van der Waals surface area (Å²) in [5.41, 5.74) is -1.29. The van der Waals surface area contributed by atoms with E-state index in [2.05, 4.69) is 4.74 Å². The first-order chi connectivity index (χ1) is 7.99. The fraction of sp³-hybridized carbons (Fsp3) is 0.400. The minimum absolute atomic E-state index is 0.0680. The number of hydrogen-bond donors (Lipinski definition) is 1. The van der Waals surface area contributed by atoms with E-state index in [0.29, 0.717) is 0 Å². The third-order valence-electron chi connectivity index (χ3n) is 2.08. The minimum atomic E-state index is -2.89. The third-order valence-corrected chi connectivity index (χ3v) is 2.08. The number of pyridine rings is 1. The number of aromatic amines is 1. The SMILES string of the molecule is COC(=O)Cc1cc(=O)[nH]c(C(F)F)c1OC. The number of esters is 1. The van der Waals surface area contributed by atoms with Gasteiger partial charge in [0.05, 0.1) is 20.6 Å². The lowest BCUT2D eigenvalue weighted by Gasteiger charge is -2.11. The summed E-state index contributed by atoms with van der Waals surface area (Å²) in [6.07, 6.45) is -3.20. The van der Waals surface area contributed by atoms with Crippen molar-refractivity contribution in [1.29, 1.82) is 0 Å². The first-order valence-corrected chi connectivity index (χ1v) is 4.64. The molecule has 0 amide bonds. The van der Waals surface area contributed by atoms with E-state index >= 15 is 0 Å². The smallest absolute Gasteiger partial charge is 0.310 e. The Morgan fingerprint density at radius 3 is 2.59 bits per heavy atom. The van der Waals surface area contributed by atoms with Gasteiger partial charge in [0.25, 0.3) is 6.43 Å². The van der Waals surface area contributed by atoms with Gasteiger partial charge in [0, 0.05) is 11.6 Å². The molecule has 0 spiro atoms.